The summed E-state index contributed by atoms with van der Waals surface area (Å²) in [4.78, 5) is 31.3. The topological polar surface area (TPSA) is 79.7 Å². The van der Waals surface area contributed by atoms with Crippen molar-refractivity contribution in [3.05, 3.63) is 99.8 Å². The number of nitrogens with zero attached hydrogens (tertiary/aromatic N) is 2. The lowest BCUT2D eigenvalue weighted by molar-refractivity contribution is -0.140. The first-order valence-corrected chi connectivity index (χ1v) is 10.7. The number of halogens is 4. The third kappa shape index (κ3) is 4.72. The molecule has 2 heterocycles. The molecule has 10 heteroatoms. The van der Waals surface area contributed by atoms with Gasteiger partial charge in [-0.05, 0) is 53.6 Å². The van der Waals surface area contributed by atoms with Crippen molar-refractivity contribution in [2.75, 3.05) is 7.11 Å². The Morgan fingerprint density at radius 3 is 2.49 bits per heavy atom. The molecular formula is C25H18ClF3N2O4. The van der Waals surface area contributed by atoms with Crippen LogP contribution in [-0.4, -0.2) is 33.8 Å². The zero-order chi connectivity index (χ0) is 25.3. The quantitative estimate of drug-likeness (QED) is 0.288. The molecule has 1 amide bonds. The van der Waals surface area contributed by atoms with E-state index in [2.05, 4.69) is 4.98 Å². The van der Waals surface area contributed by atoms with Crippen LogP contribution in [0.4, 0.5) is 13.2 Å². The lowest BCUT2D eigenvalue weighted by atomic mass is 9.95. The molecule has 3 aromatic rings. The average molecular weight is 503 g/mol. The van der Waals surface area contributed by atoms with Crippen molar-refractivity contribution < 1.29 is 32.6 Å². The van der Waals surface area contributed by atoms with E-state index in [9.17, 15) is 27.9 Å². The molecule has 1 unspecified atom stereocenters. The van der Waals surface area contributed by atoms with Crippen LogP contribution in [-0.2, 0) is 22.3 Å². The van der Waals surface area contributed by atoms with Crippen molar-refractivity contribution in [2.24, 2.45) is 0 Å². The number of methoxy groups -OCH3 is 1. The standard InChI is InChI=1S/C25H18ClF3N2O4/c1-35-19-6-5-17(26)12-18(19)22(32)20-21(15-7-9-30-10-8-15)31(24(34)23(20)33)13-14-3-2-4-16(11-14)25(27,28)29/h2-12,21,32H,13H2,1H3/b22-20+. The van der Waals surface area contributed by atoms with E-state index >= 15 is 0 Å². The average Bonchev–Trinajstić information content (AvgIpc) is 3.08. The molecule has 1 aliphatic rings. The Bertz CT molecular complexity index is 1330. The smallest absolute Gasteiger partial charge is 0.416 e. The lowest BCUT2D eigenvalue weighted by Crippen LogP contribution is -2.29. The molecule has 0 saturated carbocycles. The molecule has 0 spiro atoms. The maximum Gasteiger partial charge on any atom is 0.416 e. The van der Waals surface area contributed by atoms with Gasteiger partial charge in [0.05, 0.1) is 29.9 Å². The van der Waals surface area contributed by atoms with Crippen molar-refractivity contribution >= 4 is 29.1 Å². The van der Waals surface area contributed by atoms with E-state index in [0.29, 0.717) is 5.56 Å². The molecule has 1 aromatic heterocycles. The minimum atomic E-state index is -4.57. The molecule has 6 nitrogen and oxygen atoms in total. The summed E-state index contributed by atoms with van der Waals surface area (Å²) in [6.07, 6.45) is -1.68. The molecule has 1 atom stereocenters. The van der Waals surface area contributed by atoms with Gasteiger partial charge in [-0.25, -0.2) is 0 Å². The Labute approximate surface area is 203 Å². The second-order valence-corrected chi connectivity index (χ2v) is 8.19. The predicted octanol–water partition coefficient (Wildman–Crippen LogP) is 5.38. The second kappa shape index (κ2) is 9.42. The molecule has 1 aliphatic heterocycles. The van der Waals surface area contributed by atoms with Crippen LogP contribution < -0.4 is 4.74 Å². The van der Waals surface area contributed by atoms with Crippen LogP contribution in [0.2, 0.25) is 5.02 Å². The van der Waals surface area contributed by atoms with Crippen LogP contribution in [0.25, 0.3) is 5.76 Å². The fraction of sp³-hybridized carbons (Fsp3) is 0.160. The van der Waals surface area contributed by atoms with Crippen LogP contribution in [0.5, 0.6) is 5.75 Å². The van der Waals surface area contributed by atoms with Crippen molar-refractivity contribution in [1.82, 2.24) is 9.88 Å². The number of aliphatic hydroxyl groups excluding tert-OH is 1. The number of aromatic nitrogens is 1. The molecular weight excluding hydrogens is 485 g/mol. The first-order chi connectivity index (χ1) is 16.6. The Balaban J connectivity index is 1.87. The Morgan fingerprint density at radius 1 is 1.11 bits per heavy atom. The number of alkyl halides is 3. The number of likely N-dealkylation sites (tertiary alicyclic amines) is 1. The molecule has 1 saturated heterocycles. The fourth-order valence-electron chi connectivity index (χ4n) is 3.99. The van der Waals surface area contributed by atoms with Crippen molar-refractivity contribution in [3.63, 3.8) is 0 Å². The highest BCUT2D eigenvalue weighted by molar-refractivity contribution is 6.46. The minimum absolute atomic E-state index is 0.0936. The van der Waals surface area contributed by atoms with E-state index in [4.69, 9.17) is 16.3 Å². The minimum Gasteiger partial charge on any atom is -0.507 e. The maximum atomic E-state index is 13.2. The molecule has 0 bridgehead atoms. The van der Waals surface area contributed by atoms with Crippen LogP contribution >= 0.6 is 11.6 Å². The first kappa shape index (κ1) is 24.3. The monoisotopic (exact) mass is 502 g/mol. The molecule has 1 N–H and O–H groups in total. The molecule has 180 valence electrons. The van der Waals surface area contributed by atoms with Gasteiger partial charge < -0.3 is 14.7 Å². The van der Waals surface area contributed by atoms with E-state index in [0.717, 1.165) is 17.0 Å². The highest BCUT2D eigenvalue weighted by atomic mass is 35.5. The number of hydrogen-bond acceptors (Lipinski definition) is 5. The molecule has 35 heavy (non-hydrogen) atoms. The number of benzene rings is 2. The number of aliphatic hydroxyl groups is 1. The molecule has 0 radical (unpaired) electrons. The summed E-state index contributed by atoms with van der Waals surface area (Å²) in [7, 11) is 1.37. The number of amides is 1. The molecule has 0 aliphatic carbocycles. The number of rotatable bonds is 5. The van der Waals surface area contributed by atoms with E-state index in [-0.39, 0.29) is 34.0 Å². The lowest BCUT2D eigenvalue weighted by Gasteiger charge is -2.25. The predicted molar refractivity (Wildman–Crippen MR) is 122 cm³/mol. The van der Waals surface area contributed by atoms with Gasteiger partial charge in [0.2, 0.25) is 0 Å². The fourth-order valence-corrected chi connectivity index (χ4v) is 4.16. The number of ether oxygens (including phenoxy) is 1. The Hall–Kier alpha value is -3.85. The number of carbonyl (C=O) groups is 2. The van der Waals surface area contributed by atoms with E-state index in [1.807, 2.05) is 0 Å². The van der Waals surface area contributed by atoms with E-state index in [1.165, 1.54) is 49.8 Å². The van der Waals surface area contributed by atoms with Crippen LogP contribution in [0.1, 0.15) is 28.3 Å². The summed E-state index contributed by atoms with van der Waals surface area (Å²) in [6.45, 7) is -0.301. The van der Waals surface area contributed by atoms with Gasteiger partial charge in [0, 0.05) is 24.0 Å². The largest absolute Gasteiger partial charge is 0.507 e. The van der Waals surface area contributed by atoms with Gasteiger partial charge in [-0.3, -0.25) is 14.6 Å². The second-order valence-electron chi connectivity index (χ2n) is 7.75. The van der Waals surface area contributed by atoms with E-state index in [1.54, 1.807) is 12.1 Å². The zero-order valence-corrected chi connectivity index (χ0v) is 19.0. The van der Waals surface area contributed by atoms with Crippen LogP contribution in [0, 0.1) is 0 Å². The SMILES string of the molecule is COc1ccc(Cl)cc1/C(O)=C1\C(=O)C(=O)N(Cc2cccc(C(F)(F)F)c2)C1c1ccncc1. The summed E-state index contributed by atoms with van der Waals surface area (Å²) in [5.74, 6) is -2.26. The maximum absolute atomic E-state index is 13.2. The van der Waals surface area contributed by atoms with Gasteiger partial charge in [0.15, 0.2) is 0 Å². The molecule has 1 fully saturated rings. The Morgan fingerprint density at radius 2 is 1.83 bits per heavy atom. The van der Waals surface area contributed by atoms with Gasteiger partial charge in [0.25, 0.3) is 11.7 Å². The normalized spacial score (nSPS) is 17.6. The van der Waals surface area contributed by atoms with E-state index < -0.39 is 35.2 Å². The van der Waals surface area contributed by atoms with Crippen molar-refractivity contribution in [3.8, 4) is 5.75 Å². The summed E-state index contributed by atoms with van der Waals surface area (Å²) in [5.41, 5.74) is -0.421. The van der Waals surface area contributed by atoms with Gasteiger partial charge in [-0.1, -0.05) is 23.7 Å². The number of hydrogen-bond donors (Lipinski definition) is 1. The molecule has 4 rings (SSSR count). The van der Waals surface area contributed by atoms with Gasteiger partial charge in [-0.2, -0.15) is 13.2 Å². The highest BCUT2D eigenvalue weighted by Gasteiger charge is 2.46. The number of carbonyl (C=O) groups excluding carboxylic acids is 2. The van der Waals surface area contributed by atoms with Gasteiger partial charge in [0.1, 0.15) is 11.5 Å². The van der Waals surface area contributed by atoms with Crippen molar-refractivity contribution in [2.45, 2.75) is 18.8 Å². The van der Waals surface area contributed by atoms with Crippen LogP contribution in [0.3, 0.4) is 0 Å². The molecule has 2 aromatic carbocycles. The Kier molecular flexibility index (Phi) is 6.53. The van der Waals surface area contributed by atoms with Gasteiger partial charge in [-0.15, -0.1) is 0 Å². The summed E-state index contributed by atoms with van der Waals surface area (Å²) in [6, 6.07) is 10.9. The first-order valence-electron chi connectivity index (χ1n) is 10.3. The van der Waals surface area contributed by atoms with Crippen molar-refractivity contribution in [1.29, 1.82) is 0 Å². The summed E-state index contributed by atoms with van der Waals surface area (Å²) in [5, 5.41) is 11.4. The third-order valence-corrected chi connectivity index (χ3v) is 5.82. The zero-order valence-electron chi connectivity index (χ0n) is 18.2. The summed E-state index contributed by atoms with van der Waals surface area (Å²) < 4.78 is 44.9. The van der Waals surface area contributed by atoms with Gasteiger partial charge >= 0.3 is 6.18 Å². The highest BCUT2D eigenvalue weighted by Crippen LogP contribution is 2.42. The third-order valence-electron chi connectivity index (χ3n) is 5.59. The van der Waals surface area contributed by atoms with Crippen LogP contribution in [0.15, 0.2) is 72.6 Å². The number of ketones is 1. The number of Topliss-reactive ketones (excluding diaryl/α,β-unsaturated/α-hetero) is 1. The number of pyridine rings is 1. The summed E-state index contributed by atoms with van der Waals surface area (Å²) >= 11 is 6.08.